The molecule has 0 fully saturated rings. The number of pyridine rings is 1. The lowest BCUT2D eigenvalue weighted by atomic mass is 10.3. The molecule has 0 aliphatic rings. The van der Waals surface area contributed by atoms with E-state index in [1.54, 1.807) is 0 Å². The van der Waals surface area contributed by atoms with Crippen LogP contribution in [-0.2, 0) is 0 Å². The number of nitrogens with zero attached hydrogens (tertiary/aromatic N) is 1. The molecule has 0 spiro atoms. The van der Waals surface area contributed by atoms with Crippen LogP contribution in [-0.4, -0.2) is 10.2 Å². The Balaban J connectivity index is 3.32. The summed E-state index contributed by atoms with van der Waals surface area (Å²) in [4.78, 5) is 14.0. The molecule has 0 atom stereocenters. The summed E-state index contributed by atoms with van der Waals surface area (Å²) in [5.74, 6) is -0.759. The van der Waals surface area contributed by atoms with Crippen molar-refractivity contribution in [2.75, 3.05) is 0 Å². The molecule has 0 aliphatic heterocycles. The summed E-state index contributed by atoms with van der Waals surface area (Å²) < 4.78 is 12.7. The lowest BCUT2D eigenvalue weighted by Gasteiger charge is -1.96. The normalized spacial score (nSPS) is 9.73. The van der Waals surface area contributed by atoms with E-state index in [-0.39, 0.29) is 10.7 Å². The van der Waals surface area contributed by atoms with Crippen molar-refractivity contribution in [1.29, 1.82) is 0 Å². The van der Waals surface area contributed by atoms with Crippen molar-refractivity contribution >= 4 is 28.4 Å². The van der Waals surface area contributed by atoms with Gasteiger partial charge in [0, 0.05) is 6.20 Å². The van der Waals surface area contributed by atoms with Gasteiger partial charge in [-0.2, -0.15) is 0 Å². The Hall–Kier alpha value is -0.670. The fourth-order valence-corrected chi connectivity index (χ4v) is 1.05. The lowest BCUT2D eigenvalue weighted by Crippen LogP contribution is -1.96. The number of hydrogen-bond acceptors (Lipinski definition) is 2. The van der Waals surface area contributed by atoms with Crippen molar-refractivity contribution in [3.05, 3.63) is 28.8 Å². The van der Waals surface area contributed by atoms with Crippen LogP contribution in [0.4, 0.5) is 4.39 Å². The van der Waals surface area contributed by atoms with Gasteiger partial charge in [0.1, 0.15) is 16.5 Å². The quantitative estimate of drug-likeness (QED) is 0.506. The van der Waals surface area contributed by atoms with Gasteiger partial charge in [-0.15, -0.1) is 0 Å². The fraction of sp³-hybridized carbons (Fsp3) is 0. The molecule has 2 nitrogen and oxygen atoms in total. The van der Waals surface area contributed by atoms with Crippen LogP contribution in [0.1, 0.15) is 10.4 Å². The van der Waals surface area contributed by atoms with Crippen LogP contribution in [0, 0.1) is 5.82 Å². The third kappa shape index (κ3) is 1.67. The van der Waals surface area contributed by atoms with Crippen LogP contribution in [0.5, 0.6) is 0 Å². The van der Waals surface area contributed by atoms with Gasteiger partial charge in [-0.05, 0) is 17.7 Å². The maximum absolute atomic E-state index is 12.7. The Morgan fingerprint density at radius 2 is 2.27 bits per heavy atom. The van der Waals surface area contributed by atoms with Crippen LogP contribution in [0.15, 0.2) is 12.3 Å². The van der Waals surface area contributed by atoms with Crippen LogP contribution in [0.3, 0.4) is 0 Å². The minimum absolute atomic E-state index is 0.218. The molecule has 1 rings (SSSR count). The third-order valence-electron chi connectivity index (χ3n) is 1.05. The van der Waals surface area contributed by atoms with Gasteiger partial charge < -0.3 is 0 Å². The number of halogens is 3. The lowest BCUT2D eigenvalue weighted by molar-refractivity contribution is 0.107. The number of hydrogen-bond donors (Lipinski definition) is 0. The van der Waals surface area contributed by atoms with Crippen molar-refractivity contribution in [1.82, 2.24) is 4.98 Å². The van der Waals surface area contributed by atoms with E-state index in [2.05, 4.69) is 4.98 Å². The Labute approximate surface area is 71.9 Å². The second-order valence-electron chi connectivity index (χ2n) is 1.73. The van der Waals surface area contributed by atoms with E-state index in [9.17, 15) is 9.18 Å². The predicted molar refractivity (Wildman–Crippen MR) is 39.4 cm³/mol. The highest BCUT2D eigenvalue weighted by molar-refractivity contribution is 6.68. The first kappa shape index (κ1) is 8.43. The first-order valence-corrected chi connectivity index (χ1v) is 3.38. The molecule has 1 aromatic rings. The minimum Gasteiger partial charge on any atom is -0.275 e. The Morgan fingerprint density at radius 3 is 2.64 bits per heavy atom. The van der Waals surface area contributed by atoms with Crippen molar-refractivity contribution in [3.8, 4) is 0 Å². The Morgan fingerprint density at radius 1 is 1.64 bits per heavy atom. The van der Waals surface area contributed by atoms with Gasteiger partial charge in [-0.1, -0.05) is 11.6 Å². The van der Waals surface area contributed by atoms with E-state index in [1.165, 1.54) is 0 Å². The minimum atomic E-state index is -0.944. The average molecular weight is 194 g/mol. The topological polar surface area (TPSA) is 30.0 Å². The maximum Gasteiger partial charge on any atom is 0.258 e. The summed E-state index contributed by atoms with van der Waals surface area (Å²) in [6.07, 6.45) is 1.15. The molecule has 0 N–H and O–H groups in total. The van der Waals surface area contributed by atoms with E-state index >= 15 is 0 Å². The zero-order valence-electron chi connectivity index (χ0n) is 5.14. The smallest absolute Gasteiger partial charge is 0.258 e. The number of aromatic nitrogens is 1. The molecular weight excluding hydrogens is 192 g/mol. The molecule has 0 radical (unpaired) electrons. The van der Waals surface area contributed by atoms with Crippen molar-refractivity contribution in [2.24, 2.45) is 0 Å². The highest BCUT2D eigenvalue weighted by Gasteiger charge is 2.13. The zero-order chi connectivity index (χ0) is 8.43. The van der Waals surface area contributed by atoms with Gasteiger partial charge in [0.2, 0.25) is 0 Å². The van der Waals surface area contributed by atoms with E-state index in [0.29, 0.717) is 0 Å². The van der Waals surface area contributed by atoms with Crippen molar-refractivity contribution in [3.63, 3.8) is 0 Å². The summed E-state index contributed by atoms with van der Waals surface area (Å²) in [6.45, 7) is 0. The van der Waals surface area contributed by atoms with E-state index in [1.807, 2.05) is 0 Å². The third-order valence-corrected chi connectivity index (χ3v) is 1.53. The molecule has 5 heteroatoms. The van der Waals surface area contributed by atoms with E-state index in [0.717, 1.165) is 12.3 Å². The van der Waals surface area contributed by atoms with Crippen molar-refractivity contribution < 1.29 is 9.18 Å². The number of rotatable bonds is 1. The Kier molecular flexibility index (Phi) is 2.42. The molecule has 0 saturated heterocycles. The first-order valence-electron chi connectivity index (χ1n) is 2.62. The molecule has 0 saturated carbocycles. The van der Waals surface area contributed by atoms with Crippen LogP contribution in [0.25, 0.3) is 0 Å². The van der Waals surface area contributed by atoms with E-state index < -0.39 is 11.1 Å². The second kappa shape index (κ2) is 3.15. The fourth-order valence-electron chi connectivity index (χ4n) is 0.590. The van der Waals surface area contributed by atoms with Gasteiger partial charge >= 0.3 is 0 Å². The monoisotopic (exact) mass is 193 g/mol. The van der Waals surface area contributed by atoms with Gasteiger partial charge in [0.15, 0.2) is 0 Å². The summed E-state index contributed by atoms with van der Waals surface area (Å²) in [6, 6.07) is 1.02. The van der Waals surface area contributed by atoms with Crippen LogP contribution < -0.4 is 0 Å². The summed E-state index contributed by atoms with van der Waals surface area (Å²) in [5, 5.41) is -1.16. The molecule has 1 aromatic heterocycles. The zero-order valence-corrected chi connectivity index (χ0v) is 6.66. The second-order valence-corrected chi connectivity index (χ2v) is 2.43. The molecule has 1 heterocycles. The van der Waals surface area contributed by atoms with Gasteiger partial charge in [0.25, 0.3) is 5.24 Å². The molecule has 58 valence electrons. The predicted octanol–water partition coefficient (Wildman–Crippen LogP) is 2.25. The molecular formula is C6H2Cl2FNO. The average Bonchev–Trinajstić information content (AvgIpc) is 1.85. The van der Waals surface area contributed by atoms with Gasteiger partial charge in [0.05, 0.1) is 0 Å². The molecule has 0 aromatic carbocycles. The summed E-state index contributed by atoms with van der Waals surface area (Å²) in [5.41, 5.74) is -0.379. The highest BCUT2D eigenvalue weighted by Crippen LogP contribution is 2.17. The summed E-state index contributed by atoms with van der Waals surface area (Å²) in [7, 11) is 0. The van der Waals surface area contributed by atoms with Gasteiger partial charge in [-0.25, -0.2) is 9.37 Å². The molecule has 11 heavy (non-hydrogen) atoms. The highest BCUT2D eigenvalue weighted by atomic mass is 35.5. The largest absolute Gasteiger partial charge is 0.275 e. The Bertz CT molecular complexity index is 282. The first-order chi connectivity index (χ1) is 5.13. The van der Waals surface area contributed by atoms with Crippen LogP contribution >= 0.6 is 23.2 Å². The van der Waals surface area contributed by atoms with E-state index in [4.69, 9.17) is 23.2 Å². The summed E-state index contributed by atoms with van der Waals surface area (Å²) >= 11 is 10.4. The van der Waals surface area contributed by atoms with Gasteiger partial charge in [-0.3, -0.25) is 4.79 Å². The van der Waals surface area contributed by atoms with Crippen LogP contribution in [0.2, 0.25) is 5.15 Å². The maximum atomic E-state index is 12.7. The van der Waals surface area contributed by atoms with Crippen molar-refractivity contribution in [2.45, 2.75) is 0 Å². The molecule has 0 aliphatic carbocycles. The molecule has 0 unspecified atom stereocenters. The molecule has 0 amide bonds. The number of carbonyl (C=O) groups is 1. The number of carbonyl (C=O) groups excluding carboxylic acids is 1. The SMILES string of the molecule is O=C(Cl)c1c(F)ccnc1Cl. The molecule has 0 bridgehead atoms. The standard InChI is InChI=1S/C6H2Cl2FNO/c7-5-4(6(8)11)3(9)1-2-10-5/h1-2H.